The summed E-state index contributed by atoms with van der Waals surface area (Å²) in [5, 5.41) is 5.51. The lowest BCUT2D eigenvalue weighted by atomic mass is 10.1. The van der Waals surface area contributed by atoms with Crippen LogP contribution in [0.5, 0.6) is 0 Å². The van der Waals surface area contributed by atoms with Gasteiger partial charge in [-0.25, -0.2) is 8.42 Å². The molecule has 1 aromatic heterocycles. The van der Waals surface area contributed by atoms with Crippen LogP contribution in [0.1, 0.15) is 32.0 Å². The molecule has 3 aromatic rings. The van der Waals surface area contributed by atoms with E-state index in [1.807, 2.05) is 6.07 Å². The highest BCUT2D eigenvalue weighted by Crippen LogP contribution is 2.18. The van der Waals surface area contributed by atoms with Gasteiger partial charge in [0.15, 0.2) is 5.76 Å². The second-order valence-electron chi connectivity index (χ2n) is 6.72. The Morgan fingerprint density at radius 3 is 2.50 bits per heavy atom. The predicted molar refractivity (Wildman–Crippen MR) is 114 cm³/mol. The monoisotopic (exact) mass is 427 g/mol. The highest BCUT2D eigenvalue weighted by Gasteiger charge is 2.12. The van der Waals surface area contributed by atoms with E-state index in [-0.39, 0.29) is 24.1 Å². The van der Waals surface area contributed by atoms with Crippen LogP contribution in [0.25, 0.3) is 0 Å². The molecular formula is C21H21N3O5S. The zero-order valence-electron chi connectivity index (χ0n) is 16.4. The lowest BCUT2D eigenvalue weighted by molar-refractivity contribution is 0.0949. The van der Waals surface area contributed by atoms with Crippen LogP contribution in [0.3, 0.4) is 0 Å². The molecule has 0 unspecified atom stereocenters. The number of carbonyl (C=O) groups is 2. The first kappa shape index (κ1) is 21.1. The van der Waals surface area contributed by atoms with Crippen LogP contribution in [-0.4, -0.2) is 26.5 Å². The average Bonchev–Trinajstić information content (AvgIpc) is 3.22. The van der Waals surface area contributed by atoms with Crippen molar-refractivity contribution in [2.24, 2.45) is 0 Å². The molecule has 0 aliphatic heterocycles. The summed E-state index contributed by atoms with van der Waals surface area (Å²) in [7, 11) is -3.45. The van der Waals surface area contributed by atoms with Crippen molar-refractivity contribution in [1.29, 1.82) is 0 Å². The van der Waals surface area contributed by atoms with Gasteiger partial charge in [0.2, 0.25) is 10.0 Å². The quantitative estimate of drug-likeness (QED) is 0.535. The summed E-state index contributed by atoms with van der Waals surface area (Å²) >= 11 is 0. The number of hydrogen-bond donors (Lipinski definition) is 3. The van der Waals surface area contributed by atoms with Crippen LogP contribution in [-0.2, 0) is 16.6 Å². The molecule has 30 heavy (non-hydrogen) atoms. The Balaban J connectivity index is 1.65. The van der Waals surface area contributed by atoms with Crippen LogP contribution in [0.15, 0.2) is 65.3 Å². The molecule has 0 saturated heterocycles. The molecule has 9 heteroatoms. The Morgan fingerprint density at radius 1 is 1.00 bits per heavy atom. The number of benzene rings is 2. The Morgan fingerprint density at radius 2 is 1.80 bits per heavy atom. The molecule has 0 saturated carbocycles. The summed E-state index contributed by atoms with van der Waals surface area (Å²) in [5.41, 5.74) is 2.74. The van der Waals surface area contributed by atoms with Crippen molar-refractivity contribution in [3.63, 3.8) is 0 Å². The first-order valence-electron chi connectivity index (χ1n) is 9.02. The molecule has 8 nitrogen and oxygen atoms in total. The summed E-state index contributed by atoms with van der Waals surface area (Å²) in [6.45, 7) is 1.98. The lowest BCUT2D eigenvalue weighted by Crippen LogP contribution is -2.23. The number of carbonyl (C=O) groups excluding carboxylic acids is 2. The molecule has 3 N–H and O–H groups in total. The van der Waals surface area contributed by atoms with Gasteiger partial charge in [0.25, 0.3) is 11.8 Å². The molecule has 156 valence electrons. The zero-order valence-corrected chi connectivity index (χ0v) is 17.2. The van der Waals surface area contributed by atoms with E-state index in [0.717, 1.165) is 11.8 Å². The molecule has 0 spiro atoms. The van der Waals surface area contributed by atoms with Crippen LogP contribution in [0.2, 0.25) is 0 Å². The van der Waals surface area contributed by atoms with Gasteiger partial charge in [-0.1, -0.05) is 18.2 Å². The molecule has 0 aliphatic rings. The summed E-state index contributed by atoms with van der Waals surface area (Å²) in [4.78, 5) is 24.6. The van der Waals surface area contributed by atoms with E-state index < -0.39 is 10.0 Å². The van der Waals surface area contributed by atoms with Gasteiger partial charge in [-0.2, -0.15) is 0 Å². The van der Waals surface area contributed by atoms with Gasteiger partial charge in [0.05, 0.1) is 18.2 Å². The topological polar surface area (TPSA) is 118 Å². The summed E-state index contributed by atoms with van der Waals surface area (Å²) in [6, 6.07) is 15.0. The fourth-order valence-electron chi connectivity index (χ4n) is 2.72. The number of nitrogens with one attached hydrogen (secondary N) is 3. The number of anilines is 2. The Labute approximate surface area is 174 Å². The summed E-state index contributed by atoms with van der Waals surface area (Å²) in [6.07, 6.45) is 2.47. The maximum atomic E-state index is 12.5. The van der Waals surface area contributed by atoms with E-state index in [4.69, 9.17) is 4.42 Å². The molecule has 0 aliphatic carbocycles. The second-order valence-corrected chi connectivity index (χ2v) is 8.47. The van der Waals surface area contributed by atoms with Gasteiger partial charge in [-0.15, -0.1) is 0 Å². The normalized spacial score (nSPS) is 11.0. The van der Waals surface area contributed by atoms with E-state index in [2.05, 4.69) is 15.4 Å². The van der Waals surface area contributed by atoms with Gasteiger partial charge in [-0.05, 0) is 54.4 Å². The molecule has 1 heterocycles. The van der Waals surface area contributed by atoms with Crippen molar-refractivity contribution in [3.8, 4) is 0 Å². The van der Waals surface area contributed by atoms with Crippen molar-refractivity contribution in [2.45, 2.75) is 13.5 Å². The van der Waals surface area contributed by atoms with E-state index in [1.165, 1.54) is 12.3 Å². The summed E-state index contributed by atoms with van der Waals surface area (Å²) < 4.78 is 30.4. The van der Waals surface area contributed by atoms with E-state index in [9.17, 15) is 18.0 Å². The smallest absolute Gasteiger partial charge is 0.291 e. The van der Waals surface area contributed by atoms with E-state index >= 15 is 0 Å². The van der Waals surface area contributed by atoms with E-state index in [0.29, 0.717) is 22.5 Å². The number of sulfonamides is 1. The third-order valence-corrected chi connectivity index (χ3v) is 4.77. The minimum atomic E-state index is -3.45. The average molecular weight is 427 g/mol. The number of rotatable bonds is 7. The number of aryl methyl sites for hydroxylation is 1. The van der Waals surface area contributed by atoms with Crippen LogP contribution in [0.4, 0.5) is 11.4 Å². The minimum absolute atomic E-state index is 0.201. The van der Waals surface area contributed by atoms with Crippen LogP contribution < -0.4 is 15.4 Å². The van der Waals surface area contributed by atoms with Crippen LogP contribution >= 0.6 is 0 Å². The van der Waals surface area contributed by atoms with Crippen molar-refractivity contribution in [1.82, 2.24) is 5.32 Å². The van der Waals surface area contributed by atoms with Crippen molar-refractivity contribution >= 4 is 33.2 Å². The molecule has 0 atom stereocenters. The fourth-order valence-corrected chi connectivity index (χ4v) is 3.34. The maximum Gasteiger partial charge on any atom is 0.291 e. The third kappa shape index (κ3) is 5.71. The van der Waals surface area contributed by atoms with Crippen LogP contribution in [0, 0.1) is 6.92 Å². The van der Waals surface area contributed by atoms with Gasteiger partial charge < -0.3 is 15.1 Å². The maximum absolute atomic E-state index is 12.5. The fraction of sp³-hybridized carbons (Fsp3) is 0.143. The molecule has 0 fully saturated rings. The van der Waals surface area contributed by atoms with Crippen molar-refractivity contribution in [3.05, 3.63) is 83.3 Å². The molecule has 0 radical (unpaired) electrons. The molecule has 2 amide bonds. The standard InChI is InChI=1S/C21H21N3O5S/c1-14-8-9-16(12-18(14)24-30(2,27)28)20(25)22-13-15-5-3-6-17(11-15)23-21(26)19-7-4-10-29-19/h3-12,24H,13H2,1-2H3,(H,22,25)(H,23,26). The zero-order chi connectivity index (χ0) is 21.7. The molecule has 3 rings (SSSR count). The number of furan rings is 1. The second kappa shape index (κ2) is 8.83. The first-order chi connectivity index (χ1) is 14.2. The largest absolute Gasteiger partial charge is 0.459 e. The van der Waals surface area contributed by atoms with Crippen molar-refractivity contribution in [2.75, 3.05) is 16.3 Å². The molecular weight excluding hydrogens is 406 g/mol. The third-order valence-electron chi connectivity index (χ3n) is 4.18. The van der Waals surface area contributed by atoms with Gasteiger partial charge in [0, 0.05) is 17.8 Å². The lowest BCUT2D eigenvalue weighted by Gasteiger charge is -2.11. The number of amides is 2. The first-order valence-corrected chi connectivity index (χ1v) is 10.9. The highest BCUT2D eigenvalue weighted by atomic mass is 32.2. The van der Waals surface area contributed by atoms with Gasteiger partial charge >= 0.3 is 0 Å². The van der Waals surface area contributed by atoms with Gasteiger partial charge in [0.1, 0.15) is 0 Å². The Hall–Kier alpha value is -3.59. The highest BCUT2D eigenvalue weighted by molar-refractivity contribution is 7.92. The Bertz CT molecular complexity index is 1170. The molecule has 0 bridgehead atoms. The minimum Gasteiger partial charge on any atom is -0.459 e. The Kier molecular flexibility index (Phi) is 6.22. The summed E-state index contributed by atoms with van der Waals surface area (Å²) in [5.74, 6) is -0.519. The van der Waals surface area contributed by atoms with Crippen molar-refractivity contribution < 1.29 is 22.4 Å². The molecule has 2 aromatic carbocycles. The number of hydrogen-bond acceptors (Lipinski definition) is 5. The van der Waals surface area contributed by atoms with E-state index in [1.54, 1.807) is 49.4 Å². The SMILES string of the molecule is Cc1ccc(C(=O)NCc2cccc(NC(=O)c3ccco3)c2)cc1NS(C)(=O)=O. The van der Waals surface area contributed by atoms with Gasteiger partial charge in [-0.3, -0.25) is 14.3 Å². The predicted octanol–water partition coefficient (Wildman–Crippen LogP) is 3.14.